The van der Waals surface area contributed by atoms with E-state index in [2.05, 4.69) is 16.2 Å². The fraction of sp³-hybridized carbons (Fsp3) is 0.0667. The molecule has 23 heavy (non-hydrogen) atoms. The third-order valence-electron chi connectivity index (χ3n) is 2.61. The van der Waals surface area contributed by atoms with Crippen molar-refractivity contribution in [3.05, 3.63) is 60.2 Å². The number of thiocarbonyl (C=S) groups is 1. The maximum Gasteiger partial charge on any atom is 0.276 e. The summed E-state index contributed by atoms with van der Waals surface area (Å²) in [7, 11) is 0. The molecule has 2 rings (SSSR count). The summed E-state index contributed by atoms with van der Waals surface area (Å²) in [6, 6.07) is 11.3. The first-order valence-electron chi connectivity index (χ1n) is 6.53. The second-order valence-electron chi connectivity index (χ2n) is 4.35. The number of hydrogen-bond acceptors (Lipinski definition) is 3. The van der Waals surface area contributed by atoms with Crippen molar-refractivity contribution in [3.63, 3.8) is 0 Å². The molecule has 120 valence electrons. The van der Waals surface area contributed by atoms with Crippen LogP contribution in [0.25, 0.3) is 0 Å². The van der Waals surface area contributed by atoms with Gasteiger partial charge in [0.1, 0.15) is 5.82 Å². The van der Waals surface area contributed by atoms with Crippen LogP contribution in [0.2, 0.25) is 0 Å². The number of anilines is 1. The van der Waals surface area contributed by atoms with Crippen molar-refractivity contribution in [3.8, 4) is 5.75 Å². The lowest BCUT2D eigenvalue weighted by Crippen LogP contribution is -2.45. The Kier molecular flexibility index (Phi) is 5.81. The molecule has 2 aromatic rings. The van der Waals surface area contributed by atoms with E-state index < -0.39 is 11.7 Å². The molecule has 0 fully saturated rings. The predicted octanol–water partition coefficient (Wildman–Crippen LogP) is 2.36. The van der Waals surface area contributed by atoms with Gasteiger partial charge in [-0.15, -0.1) is 0 Å². The highest BCUT2D eigenvalue weighted by Gasteiger charge is 2.06. The molecule has 3 N–H and O–H groups in total. The Morgan fingerprint density at radius 3 is 2.43 bits per heavy atom. The molecule has 0 aliphatic rings. The van der Waals surface area contributed by atoms with Crippen molar-refractivity contribution in [1.29, 1.82) is 0 Å². The van der Waals surface area contributed by atoms with Crippen LogP contribution in [-0.4, -0.2) is 17.6 Å². The monoisotopic (exact) mass is 337 g/mol. The summed E-state index contributed by atoms with van der Waals surface area (Å²) in [5.41, 5.74) is 5.30. The zero-order valence-corrected chi connectivity index (χ0v) is 12.6. The van der Waals surface area contributed by atoms with Crippen molar-refractivity contribution in [1.82, 2.24) is 10.9 Å². The third kappa shape index (κ3) is 5.51. The zero-order valence-electron chi connectivity index (χ0n) is 11.8. The van der Waals surface area contributed by atoms with Gasteiger partial charge in [-0.25, -0.2) is 8.78 Å². The highest BCUT2D eigenvalue weighted by molar-refractivity contribution is 7.80. The predicted molar refractivity (Wildman–Crippen MR) is 85.8 cm³/mol. The summed E-state index contributed by atoms with van der Waals surface area (Å²) in [5.74, 6) is -1.49. The number of halogens is 2. The molecule has 0 unspecified atom stereocenters. The number of benzene rings is 2. The second kappa shape index (κ2) is 8.04. The van der Waals surface area contributed by atoms with Gasteiger partial charge < -0.3 is 10.1 Å². The smallest absolute Gasteiger partial charge is 0.276 e. The van der Waals surface area contributed by atoms with Crippen molar-refractivity contribution < 1.29 is 18.3 Å². The van der Waals surface area contributed by atoms with E-state index in [0.29, 0.717) is 5.69 Å². The first-order chi connectivity index (χ1) is 11.0. The van der Waals surface area contributed by atoms with Gasteiger partial charge in [-0.05, 0) is 48.6 Å². The van der Waals surface area contributed by atoms with E-state index in [0.717, 1.165) is 0 Å². The molecule has 1 amide bonds. The van der Waals surface area contributed by atoms with Gasteiger partial charge in [-0.1, -0.05) is 12.1 Å². The molecule has 0 atom stereocenters. The first kappa shape index (κ1) is 16.6. The molecule has 2 aromatic carbocycles. The maximum absolute atomic E-state index is 13.3. The van der Waals surface area contributed by atoms with Crippen LogP contribution in [0.4, 0.5) is 14.5 Å². The van der Waals surface area contributed by atoms with Crippen LogP contribution in [0.5, 0.6) is 5.75 Å². The van der Waals surface area contributed by atoms with Gasteiger partial charge in [-0.3, -0.25) is 15.6 Å². The molecule has 0 aromatic heterocycles. The molecule has 0 aliphatic heterocycles. The minimum Gasteiger partial charge on any atom is -0.481 e. The number of para-hydroxylation sites is 1. The van der Waals surface area contributed by atoms with Crippen molar-refractivity contribution >= 4 is 28.9 Å². The van der Waals surface area contributed by atoms with E-state index in [1.807, 2.05) is 0 Å². The molecule has 0 saturated heterocycles. The minimum atomic E-state index is -0.554. The molecule has 0 bridgehead atoms. The number of hydrogen-bond donors (Lipinski definition) is 3. The van der Waals surface area contributed by atoms with Crippen LogP contribution in [0.3, 0.4) is 0 Å². The summed E-state index contributed by atoms with van der Waals surface area (Å²) < 4.78 is 31.1. The number of carbonyl (C=O) groups excluding carboxylic acids is 1. The lowest BCUT2D eigenvalue weighted by molar-refractivity contribution is -0.123. The van der Waals surface area contributed by atoms with Gasteiger partial charge in [-0.2, -0.15) is 0 Å². The lowest BCUT2D eigenvalue weighted by atomic mass is 10.3. The molecule has 0 radical (unpaired) electrons. The summed E-state index contributed by atoms with van der Waals surface area (Å²) in [6.07, 6.45) is 0. The van der Waals surface area contributed by atoms with Crippen molar-refractivity contribution in [2.45, 2.75) is 0 Å². The van der Waals surface area contributed by atoms with E-state index in [-0.39, 0.29) is 23.3 Å². The van der Waals surface area contributed by atoms with Crippen LogP contribution in [0.15, 0.2) is 48.5 Å². The topological polar surface area (TPSA) is 62.4 Å². The number of rotatable bonds is 4. The molecular formula is C15H13F2N3O2S. The highest BCUT2D eigenvalue weighted by Crippen LogP contribution is 2.14. The average molecular weight is 337 g/mol. The fourth-order valence-electron chi connectivity index (χ4n) is 1.56. The number of carbonyl (C=O) groups is 1. The minimum absolute atomic E-state index is 0.0188. The SMILES string of the molecule is O=C(COc1ccccc1F)NNC(=S)Nc1ccc(F)cc1. The van der Waals surface area contributed by atoms with Gasteiger partial charge in [0.05, 0.1) is 0 Å². The summed E-state index contributed by atoms with van der Waals surface area (Å²) in [4.78, 5) is 11.6. The van der Waals surface area contributed by atoms with Gasteiger partial charge in [0.15, 0.2) is 23.3 Å². The number of nitrogens with one attached hydrogen (secondary N) is 3. The molecule has 8 heteroatoms. The number of amides is 1. The Hall–Kier alpha value is -2.74. The van der Waals surface area contributed by atoms with E-state index >= 15 is 0 Å². The van der Waals surface area contributed by atoms with Crippen molar-refractivity contribution in [2.24, 2.45) is 0 Å². The normalized spacial score (nSPS) is 9.83. The molecule has 0 heterocycles. The Bertz CT molecular complexity index is 695. The summed E-state index contributed by atoms with van der Waals surface area (Å²) in [6.45, 7) is -0.382. The Labute approximate surface area is 136 Å². The Morgan fingerprint density at radius 1 is 1.04 bits per heavy atom. The largest absolute Gasteiger partial charge is 0.481 e. The average Bonchev–Trinajstić information content (AvgIpc) is 2.54. The zero-order chi connectivity index (χ0) is 16.7. The Balaban J connectivity index is 1.72. The lowest BCUT2D eigenvalue weighted by Gasteiger charge is -2.12. The van der Waals surface area contributed by atoms with Crippen LogP contribution in [0.1, 0.15) is 0 Å². The van der Waals surface area contributed by atoms with Crippen LogP contribution < -0.4 is 20.9 Å². The molecule has 0 saturated carbocycles. The Morgan fingerprint density at radius 2 is 1.74 bits per heavy atom. The van der Waals surface area contributed by atoms with E-state index in [4.69, 9.17) is 17.0 Å². The fourth-order valence-corrected chi connectivity index (χ4v) is 1.73. The summed E-state index contributed by atoms with van der Waals surface area (Å²) >= 11 is 4.95. The highest BCUT2D eigenvalue weighted by atomic mass is 32.1. The number of ether oxygens (including phenoxy) is 1. The quantitative estimate of drug-likeness (QED) is 0.591. The van der Waals surface area contributed by atoms with Gasteiger partial charge in [0.2, 0.25) is 0 Å². The van der Waals surface area contributed by atoms with Gasteiger partial charge in [0, 0.05) is 5.69 Å². The molecule has 0 aliphatic carbocycles. The van der Waals surface area contributed by atoms with Crippen molar-refractivity contribution in [2.75, 3.05) is 11.9 Å². The summed E-state index contributed by atoms with van der Waals surface area (Å²) in [5, 5.41) is 2.85. The standard InChI is InChI=1S/C15H13F2N3O2S/c16-10-5-7-11(8-6-10)18-15(23)20-19-14(21)9-22-13-4-2-1-3-12(13)17/h1-8H,9H2,(H,19,21)(H2,18,20,23). The van der Waals surface area contributed by atoms with E-state index in [9.17, 15) is 13.6 Å². The van der Waals surface area contributed by atoms with E-state index in [1.165, 1.54) is 42.5 Å². The van der Waals surface area contributed by atoms with Gasteiger partial charge in [0.25, 0.3) is 5.91 Å². The molecular weight excluding hydrogens is 324 g/mol. The maximum atomic E-state index is 13.3. The van der Waals surface area contributed by atoms with Crippen LogP contribution in [-0.2, 0) is 4.79 Å². The third-order valence-corrected chi connectivity index (χ3v) is 2.82. The van der Waals surface area contributed by atoms with Crippen LogP contribution in [0, 0.1) is 11.6 Å². The van der Waals surface area contributed by atoms with Gasteiger partial charge >= 0.3 is 0 Å². The van der Waals surface area contributed by atoms with Crippen LogP contribution >= 0.6 is 12.2 Å². The first-order valence-corrected chi connectivity index (χ1v) is 6.94. The molecule has 5 nitrogen and oxygen atoms in total. The van der Waals surface area contributed by atoms with E-state index in [1.54, 1.807) is 6.07 Å². The number of hydrazine groups is 1. The second-order valence-corrected chi connectivity index (χ2v) is 4.76. The molecule has 0 spiro atoms.